The van der Waals surface area contributed by atoms with Gasteiger partial charge >= 0.3 is 5.97 Å². The number of hydrogen-bond donors (Lipinski definition) is 2. The van der Waals surface area contributed by atoms with Crippen LogP contribution in [-0.2, 0) is 18.3 Å². The van der Waals surface area contributed by atoms with Gasteiger partial charge in [0.2, 0.25) is 0 Å². The molecule has 2 aromatic rings. The average Bonchev–Trinajstić information content (AvgIpc) is 2.62. The summed E-state index contributed by atoms with van der Waals surface area (Å²) in [5, 5.41) is 19.5. The SMILES string of the molecule is O=C(O)c1ccc2c(c1)CCC1C[C@H](O)CC[C@@]21Cc1ccccc1. The third-order valence-electron chi connectivity index (χ3n) is 6.27. The molecule has 4 rings (SSSR count). The minimum Gasteiger partial charge on any atom is -0.478 e. The van der Waals surface area contributed by atoms with Gasteiger partial charge in [0, 0.05) is 5.41 Å². The van der Waals surface area contributed by atoms with Gasteiger partial charge in [-0.1, -0.05) is 36.4 Å². The van der Waals surface area contributed by atoms with E-state index in [2.05, 4.69) is 24.3 Å². The molecule has 3 nitrogen and oxygen atoms in total. The molecule has 3 heteroatoms. The Kier molecular flexibility index (Phi) is 4.12. The number of carbonyl (C=O) groups is 1. The van der Waals surface area contributed by atoms with E-state index in [-0.39, 0.29) is 11.5 Å². The lowest BCUT2D eigenvalue weighted by molar-refractivity contribution is 0.0406. The largest absolute Gasteiger partial charge is 0.478 e. The van der Waals surface area contributed by atoms with E-state index in [1.54, 1.807) is 6.07 Å². The zero-order valence-corrected chi connectivity index (χ0v) is 14.3. The first-order valence-electron chi connectivity index (χ1n) is 9.17. The molecule has 0 spiro atoms. The number of benzene rings is 2. The molecule has 1 unspecified atom stereocenters. The van der Waals surface area contributed by atoms with Crippen molar-refractivity contribution in [1.29, 1.82) is 0 Å². The Hall–Kier alpha value is -2.13. The lowest BCUT2D eigenvalue weighted by Gasteiger charge is -2.50. The Bertz CT molecular complexity index is 783. The maximum atomic E-state index is 11.4. The monoisotopic (exact) mass is 336 g/mol. The molecule has 2 aromatic carbocycles. The molecule has 1 fully saturated rings. The Balaban J connectivity index is 1.80. The molecule has 2 N–H and O–H groups in total. The minimum atomic E-state index is -0.860. The number of aryl methyl sites for hydroxylation is 1. The summed E-state index contributed by atoms with van der Waals surface area (Å²) >= 11 is 0. The Morgan fingerprint density at radius 2 is 1.92 bits per heavy atom. The molecule has 3 atom stereocenters. The fourth-order valence-corrected chi connectivity index (χ4v) is 5.09. The number of fused-ring (bicyclic) bond motifs is 3. The van der Waals surface area contributed by atoms with Gasteiger partial charge in [-0.3, -0.25) is 0 Å². The first-order valence-corrected chi connectivity index (χ1v) is 9.17. The van der Waals surface area contributed by atoms with Crippen LogP contribution >= 0.6 is 0 Å². The van der Waals surface area contributed by atoms with E-state index >= 15 is 0 Å². The summed E-state index contributed by atoms with van der Waals surface area (Å²) in [6.45, 7) is 0. The highest BCUT2D eigenvalue weighted by Crippen LogP contribution is 2.52. The van der Waals surface area contributed by atoms with Crippen molar-refractivity contribution in [2.24, 2.45) is 5.92 Å². The van der Waals surface area contributed by atoms with E-state index < -0.39 is 5.97 Å². The van der Waals surface area contributed by atoms with E-state index in [0.29, 0.717) is 11.5 Å². The minimum absolute atomic E-state index is 0.0190. The molecule has 1 saturated carbocycles. The van der Waals surface area contributed by atoms with Crippen LogP contribution in [0.5, 0.6) is 0 Å². The summed E-state index contributed by atoms with van der Waals surface area (Å²) < 4.78 is 0. The maximum Gasteiger partial charge on any atom is 0.335 e. The first kappa shape index (κ1) is 16.3. The molecule has 25 heavy (non-hydrogen) atoms. The van der Waals surface area contributed by atoms with E-state index in [4.69, 9.17) is 0 Å². The number of aliphatic hydroxyl groups excluding tert-OH is 1. The van der Waals surface area contributed by atoms with Crippen molar-refractivity contribution in [2.75, 3.05) is 0 Å². The Morgan fingerprint density at radius 1 is 1.12 bits per heavy atom. The summed E-state index contributed by atoms with van der Waals surface area (Å²) in [5.74, 6) is -0.402. The second kappa shape index (κ2) is 6.30. The van der Waals surface area contributed by atoms with Crippen molar-refractivity contribution in [3.8, 4) is 0 Å². The predicted molar refractivity (Wildman–Crippen MR) is 96.9 cm³/mol. The molecule has 0 bridgehead atoms. The van der Waals surface area contributed by atoms with Crippen LogP contribution in [0.25, 0.3) is 0 Å². The number of aliphatic hydroxyl groups is 1. The second-order valence-electron chi connectivity index (χ2n) is 7.66. The van der Waals surface area contributed by atoms with Crippen molar-refractivity contribution >= 4 is 5.97 Å². The zero-order chi connectivity index (χ0) is 17.4. The van der Waals surface area contributed by atoms with Crippen LogP contribution in [-0.4, -0.2) is 22.3 Å². The molecule has 2 aliphatic rings. The van der Waals surface area contributed by atoms with E-state index in [1.807, 2.05) is 18.2 Å². The van der Waals surface area contributed by atoms with Gasteiger partial charge in [-0.05, 0) is 73.3 Å². The van der Waals surface area contributed by atoms with Crippen LogP contribution in [0, 0.1) is 5.92 Å². The van der Waals surface area contributed by atoms with Crippen LogP contribution in [0.15, 0.2) is 48.5 Å². The number of rotatable bonds is 3. The molecule has 0 saturated heterocycles. The van der Waals surface area contributed by atoms with Gasteiger partial charge < -0.3 is 10.2 Å². The number of aromatic carboxylic acids is 1. The molecule has 0 amide bonds. The summed E-state index contributed by atoms with van der Waals surface area (Å²) in [4.78, 5) is 11.4. The van der Waals surface area contributed by atoms with Crippen molar-refractivity contribution in [3.05, 3.63) is 70.8 Å². The highest BCUT2D eigenvalue weighted by molar-refractivity contribution is 5.88. The summed E-state index contributed by atoms with van der Waals surface area (Å²) in [5.41, 5.74) is 4.21. The molecule has 130 valence electrons. The summed E-state index contributed by atoms with van der Waals surface area (Å²) in [6, 6.07) is 16.2. The lowest BCUT2D eigenvalue weighted by atomic mass is 9.54. The first-order chi connectivity index (χ1) is 12.1. The quantitative estimate of drug-likeness (QED) is 0.891. The highest BCUT2D eigenvalue weighted by Gasteiger charge is 2.47. The fourth-order valence-electron chi connectivity index (χ4n) is 5.09. The second-order valence-corrected chi connectivity index (χ2v) is 7.66. The van der Waals surface area contributed by atoms with E-state index in [1.165, 1.54) is 16.7 Å². The summed E-state index contributed by atoms with van der Waals surface area (Å²) in [6.07, 6.45) is 5.34. The van der Waals surface area contributed by atoms with Crippen LogP contribution in [0.3, 0.4) is 0 Å². The van der Waals surface area contributed by atoms with Crippen molar-refractivity contribution in [2.45, 2.75) is 50.0 Å². The fraction of sp³-hybridized carbons (Fsp3) is 0.409. The third-order valence-corrected chi connectivity index (χ3v) is 6.27. The van der Waals surface area contributed by atoms with Crippen molar-refractivity contribution in [1.82, 2.24) is 0 Å². The lowest BCUT2D eigenvalue weighted by Crippen LogP contribution is -2.46. The van der Waals surface area contributed by atoms with E-state index in [9.17, 15) is 15.0 Å². The maximum absolute atomic E-state index is 11.4. The van der Waals surface area contributed by atoms with Gasteiger partial charge in [-0.15, -0.1) is 0 Å². The normalized spacial score (nSPS) is 28.0. The molecular formula is C22H24O3. The van der Waals surface area contributed by atoms with Gasteiger partial charge in [0.05, 0.1) is 11.7 Å². The number of carboxylic acid groups (broad SMARTS) is 1. The van der Waals surface area contributed by atoms with Crippen molar-refractivity contribution < 1.29 is 15.0 Å². The van der Waals surface area contributed by atoms with Crippen LogP contribution < -0.4 is 0 Å². The molecule has 2 aliphatic carbocycles. The van der Waals surface area contributed by atoms with Gasteiger partial charge in [0.25, 0.3) is 0 Å². The summed E-state index contributed by atoms with van der Waals surface area (Å²) in [7, 11) is 0. The molecule has 0 radical (unpaired) electrons. The Labute approximate surface area is 148 Å². The standard InChI is InChI=1S/C22H24O3/c23-19-10-11-22(14-15-4-2-1-3-5-15)18(13-19)8-6-16-12-17(21(24)25)7-9-20(16)22/h1-5,7,9,12,18-19,23H,6,8,10-11,13-14H2,(H,24,25)/t18?,19-,22+/m1/s1. The number of hydrogen-bond acceptors (Lipinski definition) is 2. The molecule has 0 heterocycles. The predicted octanol–water partition coefficient (Wildman–Crippen LogP) is 3.97. The molecule has 0 aromatic heterocycles. The molecule has 0 aliphatic heterocycles. The smallest absolute Gasteiger partial charge is 0.335 e. The topological polar surface area (TPSA) is 57.5 Å². The average molecular weight is 336 g/mol. The van der Waals surface area contributed by atoms with Gasteiger partial charge in [0.1, 0.15) is 0 Å². The van der Waals surface area contributed by atoms with Gasteiger partial charge in [-0.2, -0.15) is 0 Å². The Morgan fingerprint density at radius 3 is 2.68 bits per heavy atom. The van der Waals surface area contributed by atoms with Crippen molar-refractivity contribution in [3.63, 3.8) is 0 Å². The van der Waals surface area contributed by atoms with Crippen LogP contribution in [0.4, 0.5) is 0 Å². The highest BCUT2D eigenvalue weighted by atomic mass is 16.4. The van der Waals surface area contributed by atoms with Crippen LogP contribution in [0.2, 0.25) is 0 Å². The van der Waals surface area contributed by atoms with E-state index in [0.717, 1.165) is 38.5 Å². The molecular weight excluding hydrogens is 312 g/mol. The number of carboxylic acids is 1. The van der Waals surface area contributed by atoms with Crippen LogP contribution in [0.1, 0.15) is 52.7 Å². The zero-order valence-electron chi connectivity index (χ0n) is 14.3. The third kappa shape index (κ3) is 2.87. The van der Waals surface area contributed by atoms with Gasteiger partial charge in [0.15, 0.2) is 0 Å². The van der Waals surface area contributed by atoms with Gasteiger partial charge in [-0.25, -0.2) is 4.79 Å².